The highest BCUT2D eigenvalue weighted by atomic mass is 17.1. The summed E-state index contributed by atoms with van der Waals surface area (Å²) in [5.74, 6) is -0.557. The molecule has 5 nitrogen and oxygen atoms in total. The Bertz CT molecular complexity index is 167. The van der Waals surface area contributed by atoms with Crippen LogP contribution in [-0.2, 0) is 9.68 Å². The van der Waals surface area contributed by atoms with E-state index in [-0.39, 0.29) is 6.42 Å². The Kier molecular flexibility index (Phi) is 4.14. The molecule has 1 heterocycles. The minimum atomic E-state index is -0.557. The number of piperazine rings is 1. The third-order valence-corrected chi connectivity index (χ3v) is 2.33. The van der Waals surface area contributed by atoms with Crippen LogP contribution in [0.15, 0.2) is 0 Å². The first-order valence-corrected chi connectivity index (χ1v) is 4.47. The van der Waals surface area contributed by atoms with Crippen molar-refractivity contribution in [3.63, 3.8) is 0 Å². The van der Waals surface area contributed by atoms with Crippen LogP contribution in [0, 0.1) is 0 Å². The number of carbonyl (C=O) groups is 1. The first-order valence-electron chi connectivity index (χ1n) is 4.47. The number of hydrogen-bond acceptors (Lipinski definition) is 5. The molecule has 0 aromatic rings. The van der Waals surface area contributed by atoms with Crippen LogP contribution in [-0.4, -0.2) is 60.8 Å². The van der Waals surface area contributed by atoms with Crippen LogP contribution >= 0.6 is 0 Å². The summed E-state index contributed by atoms with van der Waals surface area (Å²) in [6.07, 6.45) is 0.264. The van der Waals surface area contributed by atoms with Crippen molar-refractivity contribution in [1.29, 1.82) is 0 Å². The predicted molar refractivity (Wildman–Crippen MR) is 47.3 cm³/mol. The molecule has 0 unspecified atom stereocenters. The molecule has 1 saturated heterocycles. The van der Waals surface area contributed by atoms with Gasteiger partial charge in [0.2, 0.25) is 0 Å². The fraction of sp³-hybridized carbons (Fsp3) is 0.875. The van der Waals surface area contributed by atoms with Gasteiger partial charge >= 0.3 is 5.97 Å². The molecule has 5 heteroatoms. The summed E-state index contributed by atoms with van der Waals surface area (Å²) in [4.78, 5) is 18.6. The third-order valence-electron chi connectivity index (χ3n) is 2.33. The van der Waals surface area contributed by atoms with Crippen molar-refractivity contribution in [2.24, 2.45) is 0 Å². The lowest BCUT2D eigenvalue weighted by atomic mass is 10.3. The van der Waals surface area contributed by atoms with Crippen molar-refractivity contribution in [2.75, 3.05) is 39.8 Å². The van der Waals surface area contributed by atoms with Crippen molar-refractivity contribution in [2.45, 2.75) is 6.42 Å². The van der Waals surface area contributed by atoms with Crippen LogP contribution in [0.5, 0.6) is 0 Å². The summed E-state index contributed by atoms with van der Waals surface area (Å²) in [7, 11) is 2.08. The van der Waals surface area contributed by atoms with E-state index in [1.54, 1.807) is 0 Å². The zero-order valence-electron chi connectivity index (χ0n) is 7.90. The quantitative estimate of drug-likeness (QED) is 0.484. The summed E-state index contributed by atoms with van der Waals surface area (Å²) < 4.78 is 0. The average molecular weight is 188 g/mol. The smallest absolute Gasteiger partial charge is 0.304 e. The van der Waals surface area contributed by atoms with Gasteiger partial charge in [0.1, 0.15) is 0 Å². The normalized spacial score (nSPS) is 20.2. The Labute approximate surface area is 77.8 Å². The van der Waals surface area contributed by atoms with Gasteiger partial charge in [-0.3, -0.25) is 0 Å². The summed E-state index contributed by atoms with van der Waals surface area (Å²) in [5.41, 5.74) is 0. The molecule has 1 fully saturated rings. The Balaban J connectivity index is 2.12. The van der Waals surface area contributed by atoms with Crippen LogP contribution in [0.2, 0.25) is 0 Å². The van der Waals surface area contributed by atoms with Crippen LogP contribution in [0.25, 0.3) is 0 Å². The van der Waals surface area contributed by atoms with Crippen molar-refractivity contribution < 1.29 is 14.9 Å². The lowest BCUT2D eigenvalue weighted by Gasteiger charge is -2.31. The lowest BCUT2D eigenvalue weighted by Crippen LogP contribution is -2.45. The zero-order valence-corrected chi connectivity index (χ0v) is 7.90. The fourth-order valence-electron chi connectivity index (χ4n) is 1.37. The molecular formula is C8H16N2O3. The lowest BCUT2D eigenvalue weighted by molar-refractivity contribution is -0.234. The van der Waals surface area contributed by atoms with Gasteiger partial charge in [0.25, 0.3) is 0 Å². The summed E-state index contributed by atoms with van der Waals surface area (Å²) in [5, 5.41) is 8.03. The maximum absolute atomic E-state index is 10.6. The SMILES string of the molecule is CN1CCN(CCC(=O)OO)CC1. The van der Waals surface area contributed by atoms with Gasteiger partial charge in [0, 0.05) is 32.7 Å². The van der Waals surface area contributed by atoms with E-state index in [0.29, 0.717) is 6.54 Å². The minimum Gasteiger partial charge on any atom is -0.304 e. The van der Waals surface area contributed by atoms with E-state index in [1.165, 1.54) is 0 Å². The van der Waals surface area contributed by atoms with E-state index in [2.05, 4.69) is 21.7 Å². The van der Waals surface area contributed by atoms with Crippen molar-refractivity contribution in [3.8, 4) is 0 Å². The second-order valence-corrected chi connectivity index (χ2v) is 3.36. The van der Waals surface area contributed by atoms with Gasteiger partial charge in [0.05, 0.1) is 6.42 Å². The van der Waals surface area contributed by atoms with E-state index in [4.69, 9.17) is 5.26 Å². The Morgan fingerprint density at radius 2 is 2.00 bits per heavy atom. The average Bonchev–Trinajstić information content (AvgIpc) is 2.16. The Morgan fingerprint density at radius 1 is 1.38 bits per heavy atom. The van der Waals surface area contributed by atoms with Gasteiger partial charge < -0.3 is 14.7 Å². The first-order chi connectivity index (χ1) is 6.22. The van der Waals surface area contributed by atoms with E-state index < -0.39 is 5.97 Å². The van der Waals surface area contributed by atoms with Gasteiger partial charge in [-0.15, -0.1) is 0 Å². The maximum Gasteiger partial charge on any atom is 0.343 e. The highest BCUT2D eigenvalue weighted by Gasteiger charge is 2.14. The van der Waals surface area contributed by atoms with E-state index >= 15 is 0 Å². The first kappa shape index (κ1) is 10.4. The monoisotopic (exact) mass is 188 g/mol. The zero-order chi connectivity index (χ0) is 9.68. The van der Waals surface area contributed by atoms with Crippen molar-refractivity contribution in [1.82, 2.24) is 9.80 Å². The summed E-state index contributed by atoms with van der Waals surface area (Å²) >= 11 is 0. The molecule has 1 N–H and O–H groups in total. The van der Waals surface area contributed by atoms with Gasteiger partial charge in [-0.1, -0.05) is 0 Å². The van der Waals surface area contributed by atoms with Crippen LogP contribution in [0.3, 0.4) is 0 Å². The summed E-state index contributed by atoms with van der Waals surface area (Å²) in [6, 6.07) is 0. The second-order valence-electron chi connectivity index (χ2n) is 3.36. The molecule has 0 saturated carbocycles. The molecule has 0 aromatic carbocycles. The summed E-state index contributed by atoms with van der Waals surface area (Å²) in [6.45, 7) is 4.71. The molecule has 0 amide bonds. The largest absolute Gasteiger partial charge is 0.343 e. The number of hydrogen-bond donors (Lipinski definition) is 1. The maximum atomic E-state index is 10.6. The van der Waals surface area contributed by atoms with Crippen LogP contribution < -0.4 is 0 Å². The molecular weight excluding hydrogens is 172 g/mol. The molecule has 0 aliphatic carbocycles. The van der Waals surface area contributed by atoms with E-state index in [1.807, 2.05) is 0 Å². The Morgan fingerprint density at radius 3 is 2.54 bits per heavy atom. The molecule has 0 atom stereocenters. The topological polar surface area (TPSA) is 53.0 Å². The number of likely N-dealkylation sites (N-methyl/N-ethyl adjacent to an activating group) is 1. The van der Waals surface area contributed by atoms with Gasteiger partial charge in [-0.25, -0.2) is 4.79 Å². The Hall–Kier alpha value is -0.650. The van der Waals surface area contributed by atoms with Crippen LogP contribution in [0.1, 0.15) is 6.42 Å². The molecule has 0 spiro atoms. The highest BCUT2D eigenvalue weighted by Crippen LogP contribution is 2.00. The molecule has 1 aliphatic rings. The standard InChI is InChI=1S/C8H16N2O3/c1-9-4-6-10(7-5-9)3-2-8(11)13-12/h12H,2-7H2,1H3. The van der Waals surface area contributed by atoms with E-state index in [9.17, 15) is 4.79 Å². The van der Waals surface area contributed by atoms with Gasteiger partial charge in [-0.2, -0.15) is 5.26 Å². The van der Waals surface area contributed by atoms with Crippen LogP contribution in [0.4, 0.5) is 0 Å². The molecule has 0 bridgehead atoms. The van der Waals surface area contributed by atoms with Gasteiger partial charge in [-0.05, 0) is 7.05 Å². The van der Waals surface area contributed by atoms with Crippen molar-refractivity contribution in [3.05, 3.63) is 0 Å². The third kappa shape index (κ3) is 3.71. The predicted octanol–water partition coefficient (Wildman–Crippen LogP) is -0.360. The second kappa shape index (κ2) is 5.16. The molecule has 1 rings (SSSR count). The fourth-order valence-corrected chi connectivity index (χ4v) is 1.37. The molecule has 76 valence electrons. The minimum absolute atomic E-state index is 0.264. The number of carbonyl (C=O) groups excluding carboxylic acids is 1. The molecule has 0 radical (unpaired) electrons. The molecule has 1 aliphatic heterocycles. The van der Waals surface area contributed by atoms with Gasteiger partial charge in [0.15, 0.2) is 0 Å². The molecule has 0 aromatic heterocycles. The number of rotatable bonds is 3. The highest BCUT2D eigenvalue weighted by molar-refractivity contribution is 5.68. The molecule has 13 heavy (non-hydrogen) atoms. The van der Waals surface area contributed by atoms with E-state index in [0.717, 1.165) is 26.2 Å². The van der Waals surface area contributed by atoms with Crippen molar-refractivity contribution >= 4 is 5.97 Å². The number of nitrogens with zero attached hydrogens (tertiary/aromatic N) is 2.